The van der Waals surface area contributed by atoms with Gasteiger partial charge >= 0.3 is 0 Å². The Labute approximate surface area is 211 Å². The van der Waals surface area contributed by atoms with E-state index in [2.05, 4.69) is 20.0 Å². The molecule has 12 heteroatoms. The lowest BCUT2D eigenvalue weighted by atomic mass is 10.1. The molecule has 11 nitrogen and oxygen atoms in total. The summed E-state index contributed by atoms with van der Waals surface area (Å²) in [6.45, 7) is 8.23. The number of likely N-dealkylation sites (N-methyl/N-ethyl adjacent to an activating group) is 1. The Kier molecular flexibility index (Phi) is 8.08. The molecule has 1 aliphatic heterocycles. The first-order valence-electron chi connectivity index (χ1n) is 12.3. The van der Waals surface area contributed by atoms with Crippen LogP contribution in [-0.4, -0.2) is 90.4 Å². The second-order valence-corrected chi connectivity index (χ2v) is 10.9. The number of aryl methyl sites for hydroxylation is 2. The molecule has 0 unspecified atom stereocenters. The Morgan fingerprint density at radius 1 is 1.22 bits per heavy atom. The van der Waals surface area contributed by atoms with Crippen molar-refractivity contribution < 1.29 is 17.9 Å². The SMILES string of the molecule is CCCOc1ccc(S(=O)(=O)N(C)CCN2CCOCC2)cc1-c1nc2c(CC)nn(C)c2c(=O)[nH]1. The fraction of sp³-hybridized carbons (Fsp3) is 0.542. The lowest BCUT2D eigenvalue weighted by molar-refractivity contribution is 0.0368. The highest BCUT2D eigenvalue weighted by Gasteiger charge is 2.25. The van der Waals surface area contributed by atoms with E-state index in [9.17, 15) is 13.2 Å². The van der Waals surface area contributed by atoms with Gasteiger partial charge in [0.25, 0.3) is 5.56 Å². The Morgan fingerprint density at radius 3 is 2.67 bits per heavy atom. The Bertz CT molecular complexity index is 1380. The van der Waals surface area contributed by atoms with E-state index in [-0.39, 0.29) is 16.3 Å². The summed E-state index contributed by atoms with van der Waals surface area (Å²) >= 11 is 0. The summed E-state index contributed by atoms with van der Waals surface area (Å²) < 4.78 is 41.0. The second kappa shape index (κ2) is 11.1. The number of sulfonamides is 1. The van der Waals surface area contributed by atoms with Gasteiger partial charge in [-0.15, -0.1) is 0 Å². The van der Waals surface area contributed by atoms with Gasteiger partial charge in [0.15, 0.2) is 5.52 Å². The predicted molar refractivity (Wildman–Crippen MR) is 137 cm³/mol. The maximum absolute atomic E-state index is 13.4. The third-order valence-corrected chi connectivity index (χ3v) is 8.16. The molecule has 1 N–H and O–H groups in total. The van der Waals surface area contributed by atoms with E-state index in [1.165, 1.54) is 21.1 Å². The number of hydrogen-bond donors (Lipinski definition) is 1. The number of nitrogens with one attached hydrogen (secondary N) is 1. The van der Waals surface area contributed by atoms with Crippen LogP contribution in [0.4, 0.5) is 0 Å². The summed E-state index contributed by atoms with van der Waals surface area (Å²) in [4.78, 5) is 22.7. The van der Waals surface area contributed by atoms with Gasteiger partial charge in [-0.2, -0.15) is 9.40 Å². The van der Waals surface area contributed by atoms with Crippen LogP contribution in [0.15, 0.2) is 27.9 Å². The van der Waals surface area contributed by atoms with Crippen LogP contribution in [0, 0.1) is 0 Å². The molecule has 2 aromatic heterocycles. The lowest BCUT2D eigenvalue weighted by Gasteiger charge is -2.28. The zero-order valence-corrected chi connectivity index (χ0v) is 22.1. The van der Waals surface area contributed by atoms with Crippen molar-refractivity contribution >= 4 is 21.1 Å². The van der Waals surface area contributed by atoms with Crippen LogP contribution in [-0.2, 0) is 28.2 Å². The van der Waals surface area contributed by atoms with Gasteiger partial charge in [-0.1, -0.05) is 13.8 Å². The molecule has 1 aliphatic rings. The smallest absolute Gasteiger partial charge is 0.277 e. The van der Waals surface area contributed by atoms with Crippen LogP contribution in [0.1, 0.15) is 26.0 Å². The van der Waals surface area contributed by atoms with Crippen LogP contribution < -0.4 is 10.3 Å². The van der Waals surface area contributed by atoms with E-state index in [0.717, 1.165) is 19.5 Å². The third-order valence-electron chi connectivity index (χ3n) is 6.31. The molecule has 0 aliphatic carbocycles. The molecule has 3 heterocycles. The first-order chi connectivity index (χ1) is 17.3. The van der Waals surface area contributed by atoms with Gasteiger partial charge in [0.2, 0.25) is 10.0 Å². The number of aromatic nitrogens is 4. The maximum Gasteiger partial charge on any atom is 0.277 e. The van der Waals surface area contributed by atoms with Gasteiger partial charge in [0.05, 0.1) is 36.0 Å². The molecule has 196 valence electrons. The summed E-state index contributed by atoms with van der Waals surface area (Å²) in [7, 11) is -0.507. The van der Waals surface area contributed by atoms with Gasteiger partial charge in [-0.3, -0.25) is 14.4 Å². The number of aromatic amines is 1. The Hall–Kier alpha value is -2.80. The molecule has 36 heavy (non-hydrogen) atoms. The molecular formula is C24H34N6O5S. The Balaban J connectivity index is 1.72. The Morgan fingerprint density at radius 2 is 1.97 bits per heavy atom. The first kappa shape index (κ1) is 26.3. The summed E-state index contributed by atoms with van der Waals surface area (Å²) in [5, 5.41) is 4.40. The van der Waals surface area contributed by atoms with Crippen LogP contribution >= 0.6 is 0 Å². The van der Waals surface area contributed by atoms with Gasteiger partial charge < -0.3 is 14.5 Å². The summed E-state index contributed by atoms with van der Waals surface area (Å²) in [6, 6.07) is 4.69. The van der Waals surface area contributed by atoms with Crippen molar-refractivity contribution in [3.05, 3.63) is 34.2 Å². The molecule has 1 aromatic carbocycles. The monoisotopic (exact) mass is 518 g/mol. The van der Waals surface area contributed by atoms with E-state index in [0.29, 0.717) is 67.4 Å². The van der Waals surface area contributed by atoms with Gasteiger partial charge in [-0.05, 0) is 31.0 Å². The molecule has 0 bridgehead atoms. The number of H-pyrrole nitrogens is 1. The topological polar surface area (TPSA) is 123 Å². The van der Waals surface area contributed by atoms with E-state index < -0.39 is 10.0 Å². The zero-order chi connectivity index (χ0) is 25.9. The van der Waals surface area contributed by atoms with Crippen molar-refractivity contribution in [2.75, 3.05) is 53.0 Å². The lowest BCUT2D eigenvalue weighted by Crippen LogP contribution is -2.41. The quantitative estimate of drug-likeness (QED) is 0.430. The summed E-state index contributed by atoms with van der Waals surface area (Å²) in [5.41, 5.74) is 1.63. The predicted octanol–water partition coefficient (Wildman–Crippen LogP) is 1.63. The summed E-state index contributed by atoms with van der Waals surface area (Å²) in [6.07, 6.45) is 1.38. The van der Waals surface area contributed by atoms with Gasteiger partial charge in [0, 0.05) is 40.3 Å². The van der Waals surface area contributed by atoms with E-state index >= 15 is 0 Å². The van der Waals surface area contributed by atoms with Crippen molar-refractivity contribution in [3.8, 4) is 17.1 Å². The van der Waals surface area contributed by atoms with Gasteiger partial charge in [-0.25, -0.2) is 13.4 Å². The average molecular weight is 519 g/mol. The molecular weight excluding hydrogens is 484 g/mol. The van der Waals surface area contributed by atoms with Crippen LogP contribution in [0.25, 0.3) is 22.4 Å². The number of nitrogens with zero attached hydrogens (tertiary/aromatic N) is 5. The van der Waals surface area contributed by atoms with Crippen LogP contribution in [0.5, 0.6) is 5.75 Å². The number of benzene rings is 1. The molecule has 0 saturated carbocycles. The second-order valence-electron chi connectivity index (χ2n) is 8.82. The number of fused-ring (bicyclic) bond motifs is 1. The largest absolute Gasteiger partial charge is 0.493 e. The van der Waals surface area contributed by atoms with Crippen molar-refractivity contribution in [1.82, 2.24) is 29.0 Å². The standard InChI is InChI=1S/C24H34N6O5S/c1-5-13-35-20-8-7-17(36(32,33)28(3)9-10-30-11-14-34-15-12-30)16-18(20)23-25-21-19(6-2)27-29(4)22(21)24(31)26-23/h7-8,16H,5-6,9-15H2,1-4H3,(H,25,26,31). The molecule has 0 spiro atoms. The fourth-order valence-electron chi connectivity index (χ4n) is 4.21. The highest BCUT2D eigenvalue weighted by Crippen LogP contribution is 2.32. The average Bonchev–Trinajstić information content (AvgIpc) is 3.22. The van der Waals surface area contributed by atoms with Crippen molar-refractivity contribution in [1.29, 1.82) is 0 Å². The van der Waals surface area contributed by atoms with Crippen molar-refractivity contribution in [2.45, 2.75) is 31.6 Å². The minimum atomic E-state index is -3.79. The first-order valence-corrected chi connectivity index (χ1v) is 13.7. The number of morpholine rings is 1. The highest BCUT2D eigenvalue weighted by atomic mass is 32.2. The molecule has 0 radical (unpaired) electrons. The molecule has 0 amide bonds. The summed E-state index contributed by atoms with van der Waals surface area (Å²) in [5.74, 6) is 0.700. The number of rotatable bonds is 10. The van der Waals surface area contributed by atoms with Crippen molar-refractivity contribution in [3.63, 3.8) is 0 Å². The van der Waals surface area contributed by atoms with E-state index in [1.807, 2.05) is 13.8 Å². The van der Waals surface area contributed by atoms with E-state index in [1.54, 1.807) is 20.2 Å². The molecule has 1 saturated heterocycles. The molecule has 4 rings (SSSR count). The highest BCUT2D eigenvalue weighted by molar-refractivity contribution is 7.89. The van der Waals surface area contributed by atoms with Gasteiger partial charge in [0.1, 0.15) is 17.1 Å². The fourth-order valence-corrected chi connectivity index (χ4v) is 5.40. The van der Waals surface area contributed by atoms with Crippen molar-refractivity contribution in [2.24, 2.45) is 7.05 Å². The minimum absolute atomic E-state index is 0.107. The third kappa shape index (κ3) is 5.31. The maximum atomic E-state index is 13.4. The zero-order valence-electron chi connectivity index (χ0n) is 21.3. The van der Waals surface area contributed by atoms with Crippen LogP contribution in [0.2, 0.25) is 0 Å². The number of ether oxygens (including phenoxy) is 2. The minimum Gasteiger partial charge on any atom is -0.493 e. The molecule has 3 aromatic rings. The van der Waals surface area contributed by atoms with Crippen LogP contribution in [0.3, 0.4) is 0 Å². The van der Waals surface area contributed by atoms with E-state index in [4.69, 9.17) is 9.47 Å². The number of hydrogen-bond acceptors (Lipinski definition) is 8. The molecule has 1 fully saturated rings. The normalized spacial score (nSPS) is 15.1. The molecule has 0 atom stereocenters.